The lowest BCUT2D eigenvalue weighted by Gasteiger charge is -2.25. The van der Waals surface area contributed by atoms with E-state index < -0.39 is 0 Å². The Bertz CT molecular complexity index is 1350. The fourth-order valence-corrected chi connectivity index (χ4v) is 4.50. The number of carbonyl (C=O) groups excluding carboxylic acids is 1. The van der Waals surface area contributed by atoms with Crippen molar-refractivity contribution in [1.29, 1.82) is 0 Å². The average Bonchev–Trinajstić information content (AvgIpc) is 3.34. The minimum atomic E-state index is -0.280. The molecule has 2 aromatic heterocycles. The molecule has 0 fully saturated rings. The molecule has 1 amide bonds. The standard InChI is InChI=1S/C24H21N3O4S/c1-16-19-6-2-3-7-20(19)24(29)27(25-16)15-23(28)26(14-18-5-4-12-32-18)17-8-9-21-22(13-17)31-11-10-30-21/h2-9,12-13H,10-11,14-15H2,1H3. The molecule has 0 N–H and O–H groups in total. The number of amides is 1. The first kappa shape index (κ1) is 20.3. The van der Waals surface area contributed by atoms with Crippen LogP contribution in [0.5, 0.6) is 11.5 Å². The Hall–Kier alpha value is -3.65. The van der Waals surface area contributed by atoms with E-state index in [4.69, 9.17) is 9.47 Å². The molecule has 3 heterocycles. The van der Waals surface area contributed by atoms with Crippen molar-refractivity contribution in [2.24, 2.45) is 0 Å². The number of aromatic nitrogens is 2. The molecule has 8 heteroatoms. The van der Waals surface area contributed by atoms with E-state index in [1.165, 1.54) is 4.68 Å². The van der Waals surface area contributed by atoms with Gasteiger partial charge in [0.2, 0.25) is 5.91 Å². The van der Waals surface area contributed by atoms with Crippen LogP contribution in [0.15, 0.2) is 64.8 Å². The molecule has 0 saturated heterocycles. The zero-order chi connectivity index (χ0) is 22.1. The smallest absolute Gasteiger partial charge is 0.275 e. The van der Waals surface area contributed by atoms with E-state index >= 15 is 0 Å². The van der Waals surface area contributed by atoms with Crippen LogP contribution in [0.4, 0.5) is 5.69 Å². The maximum Gasteiger partial charge on any atom is 0.275 e. The van der Waals surface area contributed by atoms with E-state index in [-0.39, 0.29) is 18.0 Å². The molecule has 2 aromatic carbocycles. The van der Waals surface area contributed by atoms with E-state index in [0.717, 1.165) is 10.3 Å². The number of carbonyl (C=O) groups is 1. The van der Waals surface area contributed by atoms with Crippen LogP contribution in [0, 0.1) is 6.92 Å². The molecule has 32 heavy (non-hydrogen) atoms. The first-order valence-electron chi connectivity index (χ1n) is 10.3. The number of hydrogen-bond acceptors (Lipinski definition) is 6. The van der Waals surface area contributed by atoms with Crippen LogP contribution in [0.3, 0.4) is 0 Å². The van der Waals surface area contributed by atoms with Gasteiger partial charge in [0.15, 0.2) is 11.5 Å². The average molecular weight is 448 g/mol. The van der Waals surface area contributed by atoms with Crippen molar-refractivity contribution in [3.05, 3.63) is 80.9 Å². The number of hydrogen-bond donors (Lipinski definition) is 0. The van der Waals surface area contributed by atoms with Gasteiger partial charge in [-0.1, -0.05) is 24.3 Å². The lowest BCUT2D eigenvalue weighted by atomic mass is 10.1. The zero-order valence-corrected chi connectivity index (χ0v) is 18.3. The van der Waals surface area contributed by atoms with Crippen molar-refractivity contribution in [1.82, 2.24) is 9.78 Å². The van der Waals surface area contributed by atoms with E-state index in [9.17, 15) is 9.59 Å². The number of rotatable bonds is 5. The minimum absolute atomic E-state index is 0.162. The van der Waals surface area contributed by atoms with Gasteiger partial charge in [0.1, 0.15) is 19.8 Å². The molecule has 4 aromatic rings. The quantitative estimate of drug-likeness (QED) is 0.466. The van der Waals surface area contributed by atoms with E-state index in [1.807, 2.05) is 60.8 Å². The second-order valence-electron chi connectivity index (χ2n) is 7.48. The number of benzene rings is 2. The summed E-state index contributed by atoms with van der Waals surface area (Å²) in [7, 11) is 0. The summed E-state index contributed by atoms with van der Waals surface area (Å²) in [5.74, 6) is 1.03. The third-order valence-electron chi connectivity index (χ3n) is 5.37. The van der Waals surface area contributed by atoms with Gasteiger partial charge >= 0.3 is 0 Å². The highest BCUT2D eigenvalue weighted by atomic mass is 32.1. The third-order valence-corrected chi connectivity index (χ3v) is 6.23. The number of ether oxygens (including phenoxy) is 2. The van der Waals surface area contributed by atoms with Gasteiger partial charge in [-0.15, -0.1) is 11.3 Å². The van der Waals surface area contributed by atoms with Gasteiger partial charge in [0, 0.05) is 22.0 Å². The van der Waals surface area contributed by atoms with Crippen LogP contribution in [0.1, 0.15) is 10.6 Å². The van der Waals surface area contributed by atoms with Crippen LogP contribution >= 0.6 is 11.3 Å². The molecule has 5 rings (SSSR count). The Labute approximate surface area is 188 Å². The maximum atomic E-state index is 13.5. The van der Waals surface area contributed by atoms with Crippen LogP contribution in [-0.4, -0.2) is 28.9 Å². The summed E-state index contributed by atoms with van der Waals surface area (Å²) in [5.41, 5.74) is 1.10. The Morgan fingerprint density at radius 3 is 2.62 bits per heavy atom. The van der Waals surface area contributed by atoms with Crippen molar-refractivity contribution in [2.45, 2.75) is 20.0 Å². The number of aryl methyl sites for hydroxylation is 1. The van der Waals surface area contributed by atoms with Crippen LogP contribution in [0.2, 0.25) is 0 Å². The summed E-state index contributed by atoms with van der Waals surface area (Å²) >= 11 is 1.57. The second kappa shape index (κ2) is 8.47. The van der Waals surface area contributed by atoms with Crippen molar-refractivity contribution in [3.63, 3.8) is 0 Å². The number of nitrogens with zero attached hydrogens (tertiary/aromatic N) is 3. The van der Waals surface area contributed by atoms with Crippen molar-refractivity contribution < 1.29 is 14.3 Å². The summed E-state index contributed by atoms with van der Waals surface area (Å²) in [6, 6.07) is 16.7. The molecule has 162 valence electrons. The Kier molecular flexibility index (Phi) is 5.36. The van der Waals surface area contributed by atoms with Crippen molar-refractivity contribution in [3.8, 4) is 11.5 Å². The molecule has 0 unspecified atom stereocenters. The van der Waals surface area contributed by atoms with E-state index in [1.54, 1.807) is 22.3 Å². The number of thiophene rings is 1. The molecule has 0 radical (unpaired) electrons. The number of anilines is 1. The maximum absolute atomic E-state index is 13.5. The molecule has 7 nitrogen and oxygen atoms in total. The highest BCUT2D eigenvalue weighted by Gasteiger charge is 2.22. The van der Waals surface area contributed by atoms with Crippen LogP contribution in [0.25, 0.3) is 10.8 Å². The fourth-order valence-electron chi connectivity index (χ4n) is 3.81. The predicted molar refractivity (Wildman–Crippen MR) is 124 cm³/mol. The molecule has 0 saturated carbocycles. The van der Waals surface area contributed by atoms with Crippen molar-refractivity contribution in [2.75, 3.05) is 18.1 Å². The van der Waals surface area contributed by atoms with Gasteiger partial charge in [-0.3, -0.25) is 9.59 Å². The molecule has 0 aliphatic carbocycles. The van der Waals surface area contributed by atoms with Gasteiger partial charge in [-0.25, -0.2) is 4.68 Å². The SMILES string of the molecule is Cc1nn(CC(=O)N(Cc2cccs2)c2ccc3c(c2)OCCO3)c(=O)c2ccccc12. The minimum Gasteiger partial charge on any atom is -0.486 e. The predicted octanol–water partition coefficient (Wildman–Crippen LogP) is 3.77. The second-order valence-corrected chi connectivity index (χ2v) is 8.51. The first-order valence-corrected chi connectivity index (χ1v) is 11.2. The normalized spacial score (nSPS) is 12.7. The van der Waals surface area contributed by atoms with Gasteiger partial charge in [0.05, 0.1) is 17.6 Å². The fraction of sp³-hybridized carbons (Fsp3) is 0.208. The lowest BCUT2D eigenvalue weighted by molar-refractivity contribution is -0.119. The van der Waals surface area contributed by atoms with Crippen molar-refractivity contribution >= 4 is 33.7 Å². The highest BCUT2D eigenvalue weighted by Crippen LogP contribution is 2.34. The lowest BCUT2D eigenvalue weighted by Crippen LogP contribution is -2.37. The van der Waals surface area contributed by atoms with Gasteiger partial charge < -0.3 is 14.4 Å². The largest absolute Gasteiger partial charge is 0.486 e. The summed E-state index contributed by atoms with van der Waals surface area (Å²) < 4.78 is 12.6. The Balaban J connectivity index is 1.51. The summed E-state index contributed by atoms with van der Waals surface area (Å²) in [6.07, 6.45) is 0. The summed E-state index contributed by atoms with van der Waals surface area (Å²) in [6.45, 7) is 3.03. The summed E-state index contributed by atoms with van der Waals surface area (Å²) in [5, 5.41) is 7.72. The first-order chi connectivity index (χ1) is 15.6. The topological polar surface area (TPSA) is 73.7 Å². The van der Waals surface area contributed by atoms with Gasteiger partial charge in [-0.05, 0) is 36.6 Å². The molecule has 1 aliphatic rings. The molecular formula is C24H21N3O4S. The van der Waals surface area contributed by atoms with Crippen LogP contribution < -0.4 is 19.9 Å². The highest BCUT2D eigenvalue weighted by molar-refractivity contribution is 7.09. The zero-order valence-electron chi connectivity index (χ0n) is 17.5. The van der Waals surface area contributed by atoms with E-state index in [0.29, 0.717) is 48.0 Å². The molecular weight excluding hydrogens is 426 g/mol. The van der Waals surface area contributed by atoms with Gasteiger partial charge in [0.25, 0.3) is 5.56 Å². The molecule has 0 spiro atoms. The summed E-state index contributed by atoms with van der Waals surface area (Å²) in [4.78, 5) is 29.1. The Morgan fingerprint density at radius 2 is 1.84 bits per heavy atom. The third kappa shape index (κ3) is 3.85. The molecule has 1 aliphatic heterocycles. The molecule has 0 bridgehead atoms. The number of fused-ring (bicyclic) bond motifs is 2. The van der Waals surface area contributed by atoms with Gasteiger partial charge in [-0.2, -0.15) is 5.10 Å². The monoisotopic (exact) mass is 447 g/mol. The Morgan fingerprint density at radius 1 is 1.06 bits per heavy atom. The van der Waals surface area contributed by atoms with E-state index in [2.05, 4.69) is 5.10 Å². The molecule has 0 atom stereocenters. The van der Waals surface area contributed by atoms with Crippen LogP contribution in [-0.2, 0) is 17.9 Å².